The summed E-state index contributed by atoms with van der Waals surface area (Å²) in [5.74, 6) is -1.74. The highest BCUT2D eigenvalue weighted by Gasteiger charge is 2.75. The number of halogens is 1. The number of aliphatic hydroxyl groups is 1. The Morgan fingerprint density at radius 3 is 2.55 bits per heavy atom. The standard InChI is InChI=1S/C22H28BrN3O4S/c1-10-6-5-7-11(2)16(10)25-20(29)18-22-8-13(23)17(31-22)14(19(28)24-4)15(22)21(30)26(18)12(3)9-27/h5-7,12-15,17-18,27H,8-9H2,1-4H3,(H,24,28)(H,25,29)/t12-,13?,14-,15+,17-,18?,22?/m1/s1. The SMILES string of the molecule is CNC(=O)[C@H]1[C@@H]2SC3(CC2Br)C(C(=O)Nc2c(C)cccc2C)N([C@H](C)CO)C(=O)[C@H]13. The minimum atomic E-state index is -0.768. The molecule has 0 aliphatic carbocycles. The van der Waals surface area contributed by atoms with E-state index in [1.165, 1.54) is 4.90 Å². The van der Waals surface area contributed by atoms with Gasteiger partial charge in [-0.3, -0.25) is 14.4 Å². The Bertz CT molecular complexity index is 923. The fourth-order valence-corrected chi connectivity index (χ4v) is 9.20. The number of nitrogens with one attached hydrogen (secondary N) is 2. The fraction of sp³-hybridized carbons (Fsp3) is 0.591. The van der Waals surface area contributed by atoms with Crippen molar-refractivity contribution in [1.82, 2.24) is 10.2 Å². The van der Waals surface area contributed by atoms with Crippen molar-refractivity contribution in [2.24, 2.45) is 11.8 Å². The van der Waals surface area contributed by atoms with Crippen LogP contribution in [-0.4, -0.2) is 68.3 Å². The van der Waals surface area contributed by atoms with Crippen LogP contribution in [-0.2, 0) is 14.4 Å². The van der Waals surface area contributed by atoms with Gasteiger partial charge in [0.05, 0.1) is 29.2 Å². The number of nitrogens with zero attached hydrogens (tertiary/aromatic N) is 1. The molecule has 3 saturated heterocycles. The van der Waals surface area contributed by atoms with Crippen LogP contribution in [0.15, 0.2) is 18.2 Å². The molecule has 3 aliphatic rings. The van der Waals surface area contributed by atoms with E-state index >= 15 is 0 Å². The van der Waals surface area contributed by atoms with Crippen molar-refractivity contribution in [3.63, 3.8) is 0 Å². The first-order valence-electron chi connectivity index (χ1n) is 10.5. The highest BCUT2D eigenvalue weighted by Crippen LogP contribution is 2.68. The van der Waals surface area contributed by atoms with Crippen LogP contribution < -0.4 is 10.6 Å². The molecule has 0 saturated carbocycles. The van der Waals surface area contributed by atoms with E-state index < -0.39 is 28.7 Å². The lowest BCUT2D eigenvalue weighted by Gasteiger charge is -2.36. The molecule has 3 unspecified atom stereocenters. The summed E-state index contributed by atoms with van der Waals surface area (Å²) in [7, 11) is 1.58. The summed E-state index contributed by atoms with van der Waals surface area (Å²) >= 11 is 5.30. The molecule has 2 bridgehead atoms. The van der Waals surface area contributed by atoms with Crippen molar-refractivity contribution in [2.45, 2.75) is 54.1 Å². The van der Waals surface area contributed by atoms with E-state index in [2.05, 4.69) is 26.6 Å². The van der Waals surface area contributed by atoms with Gasteiger partial charge in [0.25, 0.3) is 0 Å². The predicted molar refractivity (Wildman–Crippen MR) is 124 cm³/mol. The molecule has 31 heavy (non-hydrogen) atoms. The van der Waals surface area contributed by atoms with Gasteiger partial charge in [-0.05, 0) is 38.3 Å². The van der Waals surface area contributed by atoms with Gasteiger partial charge in [0.1, 0.15) is 6.04 Å². The Labute approximate surface area is 194 Å². The van der Waals surface area contributed by atoms with Crippen molar-refractivity contribution in [1.29, 1.82) is 0 Å². The number of benzene rings is 1. The number of aliphatic hydroxyl groups excluding tert-OH is 1. The number of likely N-dealkylation sites (tertiary alicyclic amines) is 1. The monoisotopic (exact) mass is 509 g/mol. The van der Waals surface area contributed by atoms with Gasteiger partial charge in [0, 0.05) is 22.8 Å². The zero-order valence-electron chi connectivity index (χ0n) is 18.0. The predicted octanol–water partition coefficient (Wildman–Crippen LogP) is 1.83. The molecular weight excluding hydrogens is 482 g/mol. The molecule has 7 atom stereocenters. The first-order chi connectivity index (χ1) is 14.7. The lowest BCUT2D eigenvalue weighted by molar-refractivity contribution is -0.141. The molecule has 1 spiro atoms. The second kappa shape index (κ2) is 8.08. The molecule has 7 nitrogen and oxygen atoms in total. The van der Waals surface area contributed by atoms with Gasteiger partial charge in [0.15, 0.2) is 0 Å². The number of rotatable bonds is 5. The van der Waals surface area contributed by atoms with Crippen molar-refractivity contribution >= 4 is 51.1 Å². The minimum Gasteiger partial charge on any atom is -0.394 e. The maximum absolute atomic E-state index is 13.8. The number of anilines is 1. The number of carbonyl (C=O) groups excluding carboxylic acids is 3. The third-order valence-corrected chi connectivity index (χ3v) is 10.2. The molecular formula is C22H28BrN3O4S. The molecule has 3 fully saturated rings. The number of amides is 3. The van der Waals surface area contributed by atoms with Gasteiger partial charge in [-0.15, -0.1) is 11.8 Å². The highest BCUT2D eigenvalue weighted by molar-refractivity contribution is 9.09. The lowest BCUT2D eigenvalue weighted by atomic mass is 9.70. The summed E-state index contributed by atoms with van der Waals surface area (Å²) in [6, 6.07) is 4.51. The number of fused-ring (bicyclic) bond motifs is 1. The van der Waals surface area contributed by atoms with Crippen molar-refractivity contribution in [2.75, 3.05) is 19.0 Å². The van der Waals surface area contributed by atoms with Gasteiger partial charge in [0.2, 0.25) is 17.7 Å². The lowest BCUT2D eigenvalue weighted by Crippen LogP contribution is -2.55. The number of carbonyl (C=O) groups is 3. The number of thioether (sulfide) groups is 1. The summed E-state index contributed by atoms with van der Waals surface area (Å²) in [5, 5.41) is 15.6. The van der Waals surface area contributed by atoms with Crippen molar-refractivity contribution < 1.29 is 19.5 Å². The molecule has 0 radical (unpaired) electrons. The Morgan fingerprint density at radius 1 is 1.32 bits per heavy atom. The first kappa shape index (κ1) is 22.6. The molecule has 1 aromatic rings. The van der Waals surface area contributed by atoms with Gasteiger partial charge >= 0.3 is 0 Å². The Morgan fingerprint density at radius 2 is 1.97 bits per heavy atom. The Hall–Kier alpha value is -1.58. The van der Waals surface area contributed by atoms with E-state index in [1.807, 2.05) is 32.0 Å². The van der Waals surface area contributed by atoms with Crippen LogP contribution in [0.25, 0.3) is 0 Å². The van der Waals surface area contributed by atoms with Gasteiger partial charge in [-0.1, -0.05) is 34.1 Å². The number of para-hydroxylation sites is 1. The zero-order chi connectivity index (χ0) is 22.7. The average Bonchev–Trinajstić information content (AvgIpc) is 3.33. The van der Waals surface area contributed by atoms with Crippen LogP contribution >= 0.6 is 27.7 Å². The quantitative estimate of drug-likeness (QED) is 0.526. The Kier molecular flexibility index (Phi) is 5.89. The summed E-state index contributed by atoms with van der Waals surface area (Å²) < 4.78 is -0.711. The third-order valence-electron chi connectivity index (χ3n) is 6.99. The van der Waals surface area contributed by atoms with Crippen molar-refractivity contribution in [3.05, 3.63) is 29.3 Å². The molecule has 3 amide bonds. The second-order valence-corrected chi connectivity index (χ2v) is 11.5. The van der Waals surface area contributed by atoms with Crippen LogP contribution in [0.1, 0.15) is 24.5 Å². The van der Waals surface area contributed by atoms with E-state index in [0.717, 1.165) is 16.8 Å². The van der Waals surface area contributed by atoms with E-state index in [0.29, 0.717) is 6.42 Å². The minimum absolute atomic E-state index is 0.0312. The average molecular weight is 510 g/mol. The van der Waals surface area contributed by atoms with Gasteiger partial charge < -0.3 is 20.6 Å². The van der Waals surface area contributed by atoms with E-state index in [-0.39, 0.29) is 34.4 Å². The van der Waals surface area contributed by atoms with Crippen LogP contribution in [0, 0.1) is 25.7 Å². The maximum Gasteiger partial charge on any atom is 0.248 e. The smallest absolute Gasteiger partial charge is 0.248 e. The van der Waals surface area contributed by atoms with E-state index in [1.54, 1.807) is 25.7 Å². The molecule has 9 heteroatoms. The molecule has 4 rings (SSSR count). The van der Waals surface area contributed by atoms with E-state index in [4.69, 9.17) is 0 Å². The largest absolute Gasteiger partial charge is 0.394 e. The van der Waals surface area contributed by atoms with Crippen LogP contribution in [0.5, 0.6) is 0 Å². The van der Waals surface area contributed by atoms with Gasteiger partial charge in [-0.2, -0.15) is 0 Å². The summed E-state index contributed by atoms with van der Waals surface area (Å²) in [6.45, 7) is 5.36. The summed E-state index contributed by atoms with van der Waals surface area (Å²) in [6.07, 6.45) is 0.617. The molecule has 168 valence electrons. The second-order valence-electron chi connectivity index (χ2n) is 8.81. The van der Waals surface area contributed by atoms with Crippen LogP contribution in [0.3, 0.4) is 0 Å². The number of alkyl halides is 1. The molecule has 1 aromatic carbocycles. The number of hydrogen-bond acceptors (Lipinski definition) is 5. The molecule has 3 aliphatic heterocycles. The zero-order valence-corrected chi connectivity index (χ0v) is 20.4. The normalized spacial score (nSPS) is 34.6. The first-order valence-corrected chi connectivity index (χ1v) is 12.3. The Balaban J connectivity index is 1.78. The highest BCUT2D eigenvalue weighted by atomic mass is 79.9. The summed E-state index contributed by atoms with van der Waals surface area (Å²) in [4.78, 5) is 41.7. The van der Waals surface area contributed by atoms with Gasteiger partial charge in [-0.25, -0.2) is 0 Å². The van der Waals surface area contributed by atoms with Crippen LogP contribution in [0.4, 0.5) is 5.69 Å². The maximum atomic E-state index is 13.8. The van der Waals surface area contributed by atoms with Crippen molar-refractivity contribution in [3.8, 4) is 0 Å². The number of hydrogen-bond donors (Lipinski definition) is 3. The number of aryl methyl sites for hydroxylation is 2. The van der Waals surface area contributed by atoms with Crippen LogP contribution in [0.2, 0.25) is 0 Å². The fourth-order valence-electron chi connectivity index (χ4n) is 5.60. The third kappa shape index (κ3) is 3.23. The topological polar surface area (TPSA) is 98.7 Å². The summed E-state index contributed by atoms with van der Waals surface area (Å²) in [5.41, 5.74) is 2.63. The van der Waals surface area contributed by atoms with E-state index in [9.17, 15) is 19.5 Å². The molecule has 3 heterocycles. The molecule has 3 N–H and O–H groups in total. The molecule has 0 aromatic heterocycles.